The van der Waals surface area contributed by atoms with Crippen LogP contribution in [0.1, 0.15) is 16.1 Å². The van der Waals surface area contributed by atoms with Crippen molar-refractivity contribution in [2.24, 2.45) is 0 Å². The van der Waals surface area contributed by atoms with E-state index in [0.717, 1.165) is 5.65 Å². The molecule has 0 aliphatic rings. The first-order valence-corrected chi connectivity index (χ1v) is 5.52. The van der Waals surface area contributed by atoms with Crippen molar-refractivity contribution in [3.63, 3.8) is 0 Å². The number of anilines is 1. The average molecular weight is 241 g/mol. The quantitative estimate of drug-likeness (QED) is 0.749. The molecule has 90 valence electrons. The van der Waals surface area contributed by atoms with E-state index in [-0.39, 0.29) is 5.91 Å². The molecular formula is C13H11N3O2. The molecule has 3 heterocycles. The number of carbonyl (C=O) groups is 1. The van der Waals surface area contributed by atoms with Crippen LogP contribution in [-0.2, 0) is 0 Å². The van der Waals surface area contributed by atoms with Gasteiger partial charge in [0.1, 0.15) is 11.4 Å². The molecule has 0 unspecified atom stereocenters. The first kappa shape index (κ1) is 10.6. The summed E-state index contributed by atoms with van der Waals surface area (Å²) in [6, 6.07) is 5.29. The second kappa shape index (κ2) is 4.03. The number of furan rings is 1. The Morgan fingerprint density at radius 2 is 2.28 bits per heavy atom. The highest BCUT2D eigenvalue weighted by Crippen LogP contribution is 2.14. The molecule has 0 aliphatic heterocycles. The molecule has 0 atom stereocenters. The molecule has 1 N–H and O–H groups in total. The van der Waals surface area contributed by atoms with Crippen LogP contribution in [0.3, 0.4) is 0 Å². The lowest BCUT2D eigenvalue weighted by Crippen LogP contribution is -2.12. The van der Waals surface area contributed by atoms with Crippen molar-refractivity contribution in [3.05, 3.63) is 54.4 Å². The van der Waals surface area contributed by atoms with Crippen molar-refractivity contribution in [3.8, 4) is 0 Å². The molecule has 3 rings (SSSR count). The minimum Gasteiger partial charge on any atom is -0.469 e. The maximum absolute atomic E-state index is 12.0. The highest BCUT2D eigenvalue weighted by Gasteiger charge is 2.11. The van der Waals surface area contributed by atoms with Crippen LogP contribution in [0.4, 0.5) is 5.69 Å². The monoisotopic (exact) mass is 241 g/mol. The number of hydrogen-bond acceptors (Lipinski definition) is 3. The number of nitrogens with one attached hydrogen (secondary N) is 1. The normalized spacial score (nSPS) is 10.7. The maximum Gasteiger partial charge on any atom is 0.259 e. The molecule has 5 heteroatoms. The first-order chi connectivity index (χ1) is 8.74. The zero-order valence-electron chi connectivity index (χ0n) is 9.75. The van der Waals surface area contributed by atoms with E-state index >= 15 is 0 Å². The van der Waals surface area contributed by atoms with Gasteiger partial charge in [-0.25, -0.2) is 4.98 Å². The predicted octanol–water partition coefficient (Wildman–Crippen LogP) is 2.49. The van der Waals surface area contributed by atoms with Crippen molar-refractivity contribution in [1.82, 2.24) is 9.38 Å². The number of fused-ring (bicyclic) bond motifs is 1. The molecule has 0 aromatic carbocycles. The molecule has 5 nitrogen and oxygen atoms in total. The fourth-order valence-corrected chi connectivity index (χ4v) is 1.81. The average Bonchev–Trinajstić information content (AvgIpc) is 2.96. The molecule has 0 aliphatic carbocycles. The molecule has 0 saturated heterocycles. The summed E-state index contributed by atoms with van der Waals surface area (Å²) < 4.78 is 6.98. The maximum atomic E-state index is 12.0. The Bertz CT molecular complexity index is 712. The number of rotatable bonds is 2. The summed E-state index contributed by atoms with van der Waals surface area (Å²) in [6.45, 7) is 1.76. The van der Waals surface area contributed by atoms with E-state index in [0.29, 0.717) is 17.0 Å². The molecule has 18 heavy (non-hydrogen) atoms. The zero-order valence-corrected chi connectivity index (χ0v) is 9.75. The SMILES string of the molecule is Cc1occc1C(=O)Nc1ccn2ccnc2c1. The summed E-state index contributed by atoms with van der Waals surface area (Å²) in [6.07, 6.45) is 6.91. The van der Waals surface area contributed by atoms with Gasteiger partial charge in [0, 0.05) is 30.3 Å². The van der Waals surface area contributed by atoms with E-state index in [9.17, 15) is 4.79 Å². The Morgan fingerprint density at radius 1 is 1.39 bits per heavy atom. The number of amides is 1. The Kier molecular flexibility index (Phi) is 2.37. The van der Waals surface area contributed by atoms with Gasteiger partial charge in [-0.1, -0.05) is 0 Å². The molecule has 3 aromatic heterocycles. The molecule has 3 aromatic rings. The van der Waals surface area contributed by atoms with Crippen LogP contribution >= 0.6 is 0 Å². The molecule has 0 spiro atoms. The first-order valence-electron chi connectivity index (χ1n) is 5.52. The standard InChI is InChI=1S/C13H11N3O2/c1-9-11(3-7-18-9)13(17)15-10-2-5-16-6-4-14-12(16)8-10/h2-8H,1H3,(H,15,17). The molecule has 0 bridgehead atoms. The van der Waals surface area contributed by atoms with Gasteiger partial charge in [-0.05, 0) is 19.1 Å². The molecule has 1 amide bonds. The summed E-state index contributed by atoms with van der Waals surface area (Å²) in [5.74, 6) is 0.423. The van der Waals surface area contributed by atoms with Crippen LogP contribution in [-0.4, -0.2) is 15.3 Å². The molecular weight excluding hydrogens is 230 g/mol. The second-order valence-corrected chi connectivity index (χ2v) is 3.95. The van der Waals surface area contributed by atoms with Crippen LogP contribution < -0.4 is 5.32 Å². The Hall–Kier alpha value is -2.56. The summed E-state index contributed by atoms with van der Waals surface area (Å²) >= 11 is 0. The van der Waals surface area contributed by atoms with Crippen LogP contribution in [0.2, 0.25) is 0 Å². The molecule has 0 saturated carbocycles. The van der Waals surface area contributed by atoms with Crippen molar-refractivity contribution in [2.45, 2.75) is 6.92 Å². The van der Waals surface area contributed by atoms with Gasteiger partial charge in [0.05, 0.1) is 11.8 Å². The Labute approximate surface area is 103 Å². The highest BCUT2D eigenvalue weighted by molar-refractivity contribution is 6.05. The summed E-state index contributed by atoms with van der Waals surface area (Å²) in [5.41, 5.74) is 2.04. The van der Waals surface area contributed by atoms with Crippen molar-refractivity contribution in [2.75, 3.05) is 5.32 Å². The lowest BCUT2D eigenvalue weighted by Gasteiger charge is -2.04. The number of aryl methyl sites for hydroxylation is 1. The summed E-state index contributed by atoms with van der Waals surface area (Å²) in [5, 5.41) is 2.81. The van der Waals surface area contributed by atoms with Crippen LogP contribution in [0.25, 0.3) is 5.65 Å². The number of imidazole rings is 1. The topological polar surface area (TPSA) is 59.5 Å². The van der Waals surface area contributed by atoms with Gasteiger partial charge in [0.2, 0.25) is 0 Å². The van der Waals surface area contributed by atoms with Crippen molar-refractivity contribution >= 4 is 17.2 Å². The van der Waals surface area contributed by atoms with Gasteiger partial charge < -0.3 is 14.1 Å². The van der Waals surface area contributed by atoms with Crippen LogP contribution in [0.15, 0.2) is 47.5 Å². The minimum atomic E-state index is -0.183. The fraction of sp³-hybridized carbons (Fsp3) is 0.0769. The van der Waals surface area contributed by atoms with E-state index in [2.05, 4.69) is 10.3 Å². The van der Waals surface area contributed by atoms with Gasteiger partial charge in [-0.15, -0.1) is 0 Å². The van der Waals surface area contributed by atoms with E-state index in [1.807, 2.05) is 28.9 Å². The zero-order chi connectivity index (χ0) is 12.5. The molecule has 0 radical (unpaired) electrons. The largest absolute Gasteiger partial charge is 0.469 e. The Balaban J connectivity index is 1.88. The Morgan fingerprint density at radius 3 is 3.06 bits per heavy atom. The van der Waals surface area contributed by atoms with Gasteiger partial charge in [-0.3, -0.25) is 4.79 Å². The number of hydrogen-bond donors (Lipinski definition) is 1. The van der Waals surface area contributed by atoms with Gasteiger partial charge >= 0.3 is 0 Å². The number of aromatic nitrogens is 2. The van der Waals surface area contributed by atoms with Crippen LogP contribution in [0.5, 0.6) is 0 Å². The fourth-order valence-electron chi connectivity index (χ4n) is 1.81. The van der Waals surface area contributed by atoms with E-state index in [4.69, 9.17) is 4.42 Å². The van der Waals surface area contributed by atoms with Crippen molar-refractivity contribution in [1.29, 1.82) is 0 Å². The number of carbonyl (C=O) groups excluding carboxylic acids is 1. The third-order valence-corrected chi connectivity index (χ3v) is 2.76. The number of pyridine rings is 1. The molecule has 0 fully saturated rings. The van der Waals surface area contributed by atoms with E-state index in [1.165, 1.54) is 6.26 Å². The lowest BCUT2D eigenvalue weighted by atomic mass is 10.2. The highest BCUT2D eigenvalue weighted by atomic mass is 16.3. The second-order valence-electron chi connectivity index (χ2n) is 3.95. The van der Waals surface area contributed by atoms with E-state index < -0.39 is 0 Å². The van der Waals surface area contributed by atoms with Crippen LogP contribution in [0, 0.1) is 6.92 Å². The smallest absolute Gasteiger partial charge is 0.259 e. The lowest BCUT2D eigenvalue weighted by molar-refractivity contribution is 0.102. The summed E-state index contributed by atoms with van der Waals surface area (Å²) in [7, 11) is 0. The van der Waals surface area contributed by atoms with Gasteiger partial charge in [0.25, 0.3) is 5.91 Å². The predicted molar refractivity (Wildman–Crippen MR) is 66.6 cm³/mol. The van der Waals surface area contributed by atoms with Gasteiger partial charge in [-0.2, -0.15) is 0 Å². The minimum absolute atomic E-state index is 0.183. The van der Waals surface area contributed by atoms with Gasteiger partial charge in [0.15, 0.2) is 0 Å². The van der Waals surface area contributed by atoms with Crippen molar-refractivity contribution < 1.29 is 9.21 Å². The number of nitrogens with zero attached hydrogens (tertiary/aromatic N) is 2. The third-order valence-electron chi connectivity index (χ3n) is 2.76. The third kappa shape index (κ3) is 1.75. The summed E-state index contributed by atoms with van der Waals surface area (Å²) in [4.78, 5) is 16.1. The van der Waals surface area contributed by atoms with E-state index in [1.54, 1.807) is 19.2 Å².